The van der Waals surface area contributed by atoms with Gasteiger partial charge in [-0.15, -0.1) is 0 Å². The van der Waals surface area contributed by atoms with E-state index in [0.29, 0.717) is 5.54 Å². The molecule has 2 nitrogen and oxygen atoms in total. The molecule has 3 aliphatic rings. The molecule has 2 bridgehead atoms. The fraction of sp³-hybridized carbons (Fsp3) is 1.00. The van der Waals surface area contributed by atoms with E-state index >= 15 is 0 Å². The van der Waals surface area contributed by atoms with Gasteiger partial charge in [0, 0.05) is 24.2 Å². The predicted octanol–water partition coefficient (Wildman–Crippen LogP) is 1.76. The zero-order valence-corrected chi connectivity index (χ0v) is 10.2. The molecule has 2 heteroatoms. The zero-order valence-electron chi connectivity index (χ0n) is 10.2. The fourth-order valence-corrected chi connectivity index (χ4v) is 4.26. The summed E-state index contributed by atoms with van der Waals surface area (Å²) in [5.74, 6) is 2.63. The van der Waals surface area contributed by atoms with Crippen LogP contribution in [-0.2, 0) is 0 Å². The van der Waals surface area contributed by atoms with Crippen LogP contribution in [0.1, 0.15) is 40.0 Å². The Hall–Kier alpha value is -0.0800. The average molecular weight is 208 g/mol. The van der Waals surface area contributed by atoms with Crippen LogP contribution in [0.3, 0.4) is 0 Å². The molecule has 3 fully saturated rings. The van der Waals surface area contributed by atoms with E-state index in [1.165, 1.54) is 25.8 Å². The lowest BCUT2D eigenvalue weighted by atomic mass is 9.77. The Morgan fingerprint density at radius 1 is 1.33 bits per heavy atom. The van der Waals surface area contributed by atoms with Gasteiger partial charge in [-0.05, 0) is 30.6 Å². The fourth-order valence-electron chi connectivity index (χ4n) is 4.26. The molecule has 4 unspecified atom stereocenters. The smallest absolute Gasteiger partial charge is 0.0340 e. The number of fused-ring (bicyclic) bond motifs is 3. The summed E-state index contributed by atoms with van der Waals surface area (Å²) in [5, 5.41) is 7.73. The van der Waals surface area contributed by atoms with Crippen LogP contribution >= 0.6 is 0 Å². The molecule has 15 heavy (non-hydrogen) atoms. The largest absolute Gasteiger partial charge is 0.308 e. The third-order valence-corrected chi connectivity index (χ3v) is 5.08. The average Bonchev–Trinajstić information content (AvgIpc) is 2.91. The van der Waals surface area contributed by atoms with Gasteiger partial charge in [-0.1, -0.05) is 27.2 Å². The maximum atomic E-state index is 3.91. The summed E-state index contributed by atoms with van der Waals surface area (Å²) in [6, 6.07) is 1.51. The van der Waals surface area contributed by atoms with Gasteiger partial charge in [-0.2, -0.15) is 0 Å². The molecule has 0 aromatic rings. The minimum Gasteiger partial charge on any atom is -0.308 e. The Bertz CT molecular complexity index is 255. The third-order valence-electron chi connectivity index (χ3n) is 5.08. The van der Waals surface area contributed by atoms with Gasteiger partial charge in [0.2, 0.25) is 0 Å². The van der Waals surface area contributed by atoms with Crippen LogP contribution in [0.4, 0.5) is 0 Å². The van der Waals surface area contributed by atoms with E-state index in [0.717, 1.165) is 29.8 Å². The predicted molar refractivity (Wildman–Crippen MR) is 62.8 cm³/mol. The Balaban J connectivity index is 1.88. The maximum Gasteiger partial charge on any atom is 0.0340 e. The van der Waals surface area contributed by atoms with Crippen molar-refractivity contribution in [3.63, 3.8) is 0 Å². The number of rotatable bonds is 2. The standard InChI is InChI=1S/C13H24N2/c1-4-9-11(8(2)3)10-7-14-13(5-6-13)12(9)15-10/h8-12,14-15H,4-7H2,1-3H3. The summed E-state index contributed by atoms with van der Waals surface area (Å²) in [6.07, 6.45) is 4.15. The van der Waals surface area contributed by atoms with Gasteiger partial charge in [0.25, 0.3) is 0 Å². The van der Waals surface area contributed by atoms with Crippen molar-refractivity contribution >= 4 is 0 Å². The normalized spacial score (nSPS) is 46.4. The van der Waals surface area contributed by atoms with E-state index in [2.05, 4.69) is 31.4 Å². The van der Waals surface area contributed by atoms with E-state index < -0.39 is 0 Å². The number of hydrogen-bond acceptors (Lipinski definition) is 2. The van der Waals surface area contributed by atoms with Gasteiger partial charge in [0.15, 0.2) is 0 Å². The summed E-state index contributed by atoms with van der Waals surface area (Å²) in [4.78, 5) is 0. The minimum absolute atomic E-state index is 0.515. The monoisotopic (exact) mass is 208 g/mol. The Morgan fingerprint density at radius 2 is 2.07 bits per heavy atom. The summed E-state index contributed by atoms with van der Waals surface area (Å²) < 4.78 is 0. The van der Waals surface area contributed by atoms with Crippen molar-refractivity contribution in [2.75, 3.05) is 6.54 Å². The highest BCUT2D eigenvalue weighted by atomic mass is 15.2. The van der Waals surface area contributed by atoms with E-state index in [1.54, 1.807) is 0 Å². The van der Waals surface area contributed by atoms with E-state index in [-0.39, 0.29) is 0 Å². The highest BCUT2D eigenvalue weighted by Crippen LogP contribution is 2.51. The van der Waals surface area contributed by atoms with Gasteiger partial charge < -0.3 is 10.6 Å². The molecule has 0 aromatic carbocycles. The second kappa shape index (κ2) is 3.21. The topological polar surface area (TPSA) is 24.1 Å². The molecule has 0 radical (unpaired) electrons. The molecule has 2 heterocycles. The highest BCUT2D eigenvalue weighted by Gasteiger charge is 2.60. The minimum atomic E-state index is 0.515. The van der Waals surface area contributed by atoms with Gasteiger partial charge >= 0.3 is 0 Å². The van der Waals surface area contributed by atoms with Crippen LogP contribution in [0.2, 0.25) is 0 Å². The molecule has 3 rings (SSSR count). The van der Waals surface area contributed by atoms with Crippen LogP contribution in [0.5, 0.6) is 0 Å². The summed E-state index contributed by atoms with van der Waals surface area (Å²) in [7, 11) is 0. The Kier molecular flexibility index (Phi) is 2.16. The van der Waals surface area contributed by atoms with Crippen molar-refractivity contribution in [2.24, 2.45) is 17.8 Å². The van der Waals surface area contributed by atoms with Gasteiger partial charge in [0.05, 0.1) is 0 Å². The summed E-state index contributed by atoms with van der Waals surface area (Å²) in [5.41, 5.74) is 0.515. The first-order valence-electron chi connectivity index (χ1n) is 6.69. The van der Waals surface area contributed by atoms with Crippen molar-refractivity contribution in [1.29, 1.82) is 0 Å². The first-order chi connectivity index (χ1) is 7.18. The zero-order chi connectivity index (χ0) is 10.6. The number of nitrogens with one attached hydrogen (secondary N) is 2. The molecule has 1 aliphatic carbocycles. The molecule has 86 valence electrons. The highest BCUT2D eigenvalue weighted by molar-refractivity contribution is 5.20. The van der Waals surface area contributed by atoms with Gasteiger partial charge in [-0.3, -0.25) is 0 Å². The SMILES string of the molecule is CCC1C(C(C)C)C2CNC3(CC3)C1N2. The lowest BCUT2D eigenvalue weighted by Gasteiger charge is -2.33. The first-order valence-corrected chi connectivity index (χ1v) is 6.69. The summed E-state index contributed by atoms with van der Waals surface area (Å²) in [6.45, 7) is 8.37. The molecule has 2 aliphatic heterocycles. The third kappa shape index (κ3) is 1.31. The Morgan fingerprint density at radius 3 is 2.60 bits per heavy atom. The van der Waals surface area contributed by atoms with Crippen molar-refractivity contribution in [3.8, 4) is 0 Å². The second-order valence-corrected chi connectivity index (χ2v) is 6.18. The van der Waals surface area contributed by atoms with Crippen LogP contribution in [-0.4, -0.2) is 24.2 Å². The van der Waals surface area contributed by atoms with Crippen LogP contribution in [0.15, 0.2) is 0 Å². The molecular weight excluding hydrogens is 184 g/mol. The van der Waals surface area contributed by atoms with Crippen molar-refractivity contribution in [1.82, 2.24) is 10.6 Å². The van der Waals surface area contributed by atoms with E-state index in [9.17, 15) is 0 Å². The molecule has 2 saturated heterocycles. The maximum absolute atomic E-state index is 3.91. The molecule has 4 atom stereocenters. The van der Waals surface area contributed by atoms with Gasteiger partial charge in [0.1, 0.15) is 0 Å². The number of hydrogen-bond donors (Lipinski definition) is 2. The van der Waals surface area contributed by atoms with Crippen molar-refractivity contribution < 1.29 is 0 Å². The molecule has 0 aromatic heterocycles. The molecule has 1 spiro atoms. The lowest BCUT2D eigenvalue weighted by Crippen LogP contribution is -2.59. The lowest BCUT2D eigenvalue weighted by molar-refractivity contribution is 0.257. The Labute approximate surface area is 93.2 Å². The van der Waals surface area contributed by atoms with E-state index in [4.69, 9.17) is 0 Å². The molecular formula is C13H24N2. The van der Waals surface area contributed by atoms with Crippen LogP contribution in [0.25, 0.3) is 0 Å². The summed E-state index contributed by atoms with van der Waals surface area (Å²) >= 11 is 0. The molecule has 2 N–H and O–H groups in total. The van der Waals surface area contributed by atoms with Crippen LogP contribution < -0.4 is 10.6 Å². The molecule has 0 amide bonds. The molecule has 1 saturated carbocycles. The van der Waals surface area contributed by atoms with E-state index in [1.807, 2.05) is 0 Å². The van der Waals surface area contributed by atoms with Crippen molar-refractivity contribution in [2.45, 2.75) is 57.7 Å². The van der Waals surface area contributed by atoms with Gasteiger partial charge in [-0.25, -0.2) is 0 Å². The number of piperazine rings is 1. The van der Waals surface area contributed by atoms with Crippen molar-refractivity contribution in [3.05, 3.63) is 0 Å². The van der Waals surface area contributed by atoms with Crippen LogP contribution in [0, 0.1) is 17.8 Å². The quantitative estimate of drug-likeness (QED) is 0.722. The second-order valence-electron chi connectivity index (χ2n) is 6.18. The first kappa shape index (κ1) is 10.1.